The summed E-state index contributed by atoms with van der Waals surface area (Å²) in [5, 5.41) is 3.45. The van der Waals surface area contributed by atoms with Crippen LogP contribution in [-0.2, 0) is 13.1 Å². The zero-order valence-electron chi connectivity index (χ0n) is 12.8. The first-order valence-corrected chi connectivity index (χ1v) is 7.47. The second kappa shape index (κ2) is 6.10. The first kappa shape index (κ1) is 14.6. The van der Waals surface area contributed by atoms with Gasteiger partial charge in [-0.05, 0) is 58.2 Å². The van der Waals surface area contributed by atoms with Gasteiger partial charge in [-0.1, -0.05) is 6.92 Å². The van der Waals surface area contributed by atoms with Gasteiger partial charge in [-0.2, -0.15) is 0 Å². The molecule has 0 aromatic carbocycles. The minimum Gasteiger partial charge on any atom is -0.463 e. The number of likely N-dealkylation sites (tertiary alicyclic amines) is 1. The van der Waals surface area contributed by atoms with E-state index in [1.54, 1.807) is 0 Å². The van der Waals surface area contributed by atoms with Gasteiger partial charge in [-0.3, -0.25) is 4.90 Å². The van der Waals surface area contributed by atoms with Gasteiger partial charge < -0.3 is 9.73 Å². The highest BCUT2D eigenvalue weighted by Crippen LogP contribution is 2.19. The highest BCUT2D eigenvalue weighted by Gasteiger charge is 2.17. The molecule has 2 rings (SSSR count). The summed E-state index contributed by atoms with van der Waals surface area (Å²) in [4.78, 5) is 2.51. The van der Waals surface area contributed by atoms with Gasteiger partial charge in [0.1, 0.15) is 11.5 Å². The van der Waals surface area contributed by atoms with Gasteiger partial charge in [-0.25, -0.2) is 0 Å². The Kier molecular flexibility index (Phi) is 4.69. The predicted octanol–water partition coefficient (Wildman–Crippen LogP) is 3.40. The molecule has 1 aliphatic heterocycles. The SMILES string of the molecule is CC1CCCN(Cc2ccc(CNC(C)(C)C)o2)C1. The highest BCUT2D eigenvalue weighted by molar-refractivity contribution is 5.07. The van der Waals surface area contributed by atoms with E-state index in [0.717, 1.165) is 30.5 Å². The monoisotopic (exact) mass is 264 g/mol. The fourth-order valence-electron chi connectivity index (χ4n) is 2.61. The van der Waals surface area contributed by atoms with Crippen LogP contribution in [-0.4, -0.2) is 23.5 Å². The lowest BCUT2D eigenvalue weighted by atomic mass is 10.0. The third kappa shape index (κ3) is 5.00. The summed E-state index contributed by atoms with van der Waals surface area (Å²) in [6, 6.07) is 4.22. The van der Waals surface area contributed by atoms with Crippen molar-refractivity contribution in [2.24, 2.45) is 5.92 Å². The number of nitrogens with one attached hydrogen (secondary N) is 1. The summed E-state index contributed by atoms with van der Waals surface area (Å²) in [7, 11) is 0. The average molecular weight is 264 g/mol. The molecule has 2 heterocycles. The summed E-state index contributed by atoms with van der Waals surface area (Å²) < 4.78 is 5.91. The summed E-state index contributed by atoms with van der Waals surface area (Å²) in [5.41, 5.74) is 0.134. The molecule has 0 spiro atoms. The fourth-order valence-corrected chi connectivity index (χ4v) is 2.61. The number of piperidine rings is 1. The molecule has 1 atom stereocenters. The summed E-state index contributed by atoms with van der Waals surface area (Å²) in [5.74, 6) is 2.96. The third-order valence-electron chi connectivity index (χ3n) is 3.63. The Labute approximate surface area is 117 Å². The van der Waals surface area contributed by atoms with Crippen molar-refractivity contribution in [3.8, 4) is 0 Å². The van der Waals surface area contributed by atoms with Gasteiger partial charge in [0.2, 0.25) is 0 Å². The topological polar surface area (TPSA) is 28.4 Å². The van der Waals surface area contributed by atoms with Crippen LogP contribution in [0.25, 0.3) is 0 Å². The molecule has 3 nitrogen and oxygen atoms in total. The molecule has 1 aromatic heterocycles. The van der Waals surface area contributed by atoms with Crippen LogP contribution in [0.4, 0.5) is 0 Å². The number of furan rings is 1. The van der Waals surface area contributed by atoms with E-state index in [9.17, 15) is 0 Å². The van der Waals surface area contributed by atoms with Crippen LogP contribution < -0.4 is 5.32 Å². The number of hydrogen-bond donors (Lipinski definition) is 1. The Morgan fingerprint density at radius 1 is 1.32 bits per heavy atom. The van der Waals surface area contributed by atoms with Gasteiger partial charge in [0.15, 0.2) is 0 Å². The fraction of sp³-hybridized carbons (Fsp3) is 0.750. The van der Waals surface area contributed by atoms with Crippen LogP contribution in [0, 0.1) is 5.92 Å². The molecular weight excluding hydrogens is 236 g/mol. The highest BCUT2D eigenvalue weighted by atomic mass is 16.3. The molecule has 0 aliphatic carbocycles. The predicted molar refractivity (Wildman–Crippen MR) is 79.0 cm³/mol. The Hall–Kier alpha value is -0.800. The normalized spacial score (nSPS) is 21.8. The van der Waals surface area contributed by atoms with Gasteiger partial charge in [-0.15, -0.1) is 0 Å². The minimum absolute atomic E-state index is 0.134. The van der Waals surface area contributed by atoms with Crippen LogP contribution in [0.1, 0.15) is 52.1 Å². The second-order valence-electron chi connectivity index (χ2n) is 6.95. The molecule has 1 saturated heterocycles. The standard InChI is InChI=1S/C16H28N2O/c1-13-6-5-9-18(11-13)12-15-8-7-14(19-15)10-17-16(2,3)4/h7-8,13,17H,5-6,9-12H2,1-4H3. The van der Waals surface area contributed by atoms with Crippen LogP contribution >= 0.6 is 0 Å². The lowest BCUT2D eigenvalue weighted by Gasteiger charge is -2.29. The van der Waals surface area contributed by atoms with E-state index < -0.39 is 0 Å². The first-order valence-electron chi connectivity index (χ1n) is 7.47. The zero-order chi connectivity index (χ0) is 13.9. The quantitative estimate of drug-likeness (QED) is 0.903. The van der Waals surface area contributed by atoms with E-state index in [1.165, 1.54) is 25.9 Å². The molecule has 0 radical (unpaired) electrons. The summed E-state index contributed by atoms with van der Waals surface area (Å²) in [6.45, 7) is 13.0. The third-order valence-corrected chi connectivity index (χ3v) is 3.63. The Bertz CT molecular complexity index is 392. The smallest absolute Gasteiger partial charge is 0.118 e. The number of nitrogens with zero attached hydrogens (tertiary/aromatic N) is 1. The molecule has 1 N–H and O–H groups in total. The van der Waals surface area contributed by atoms with E-state index in [4.69, 9.17) is 4.42 Å². The molecule has 1 aromatic rings. The van der Waals surface area contributed by atoms with Gasteiger partial charge in [0.25, 0.3) is 0 Å². The molecule has 1 aliphatic rings. The molecule has 0 saturated carbocycles. The van der Waals surface area contributed by atoms with E-state index in [0.29, 0.717) is 0 Å². The van der Waals surface area contributed by atoms with E-state index >= 15 is 0 Å². The molecule has 1 fully saturated rings. The molecule has 19 heavy (non-hydrogen) atoms. The van der Waals surface area contributed by atoms with Crippen molar-refractivity contribution in [2.75, 3.05) is 13.1 Å². The van der Waals surface area contributed by atoms with Crippen molar-refractivity contribution < 1.29 is 4.42 Å². The number of rotatable bonds is 4. The molecule has 108 valence electrons. The first-order chi connectivity index (χ1) is 8.92. The van der Waals surface area contributed by atoms with E-state index in [2.05, 4.69) is 50.0 Å². The maximum Gasteiger partial charge on any atom is 0.118 e. The van der Waals surface area contributed by atoms with Crippen LogP contribution in [0.15, 0.2) is 16.5 Å². The maximum absolute atomic E-state index is 5.91. The van der Waals surface area contributed by atoms with E-state index in [-0.39, 0.29) is 5.54 Å². The van der Waals surface area contributed by atoms with Gasteiger partial charge >= 0.3 is 0 Å². The summed E-state index contributed by atoms with van der Waals surface area (Å²) >= 11 is 0. The van der Waals surface area contributed by atoms with Crippen molar-refractivity contribution >= 4 is 0 Å². The zero-order valence-corrected chi connectivity index (χ0v) is 12.8. The largest absolute Gasteiger partial charge is 0.463 e. The van der Waals surface area contributed by atoms with Gasteiger partial charge in [0.05, 0.1) is 13.1 Å². The maximum atomic E-state index is 5.91. The van der Waals surface area contributed by atoms with Crippen molar-refractivity contribution in [1.82, 2.24) is 10.2 Å². The van der Waals surface area contributed by atoms with Crippen LogP contribution in [0.5, 0.6) is 0 Å². The molecular formula is C16H28N2O. The average Bonchev–Trinajstić information content (AvgIpc) is 2.73. The minimum atomic E-state index is 0.134. The lowest BCUT2D eigenvalue weighted by molar-refractivity contribution is 0.164. The molecule has 0 amide bonds. The Morgan fingerprint density at radius 2 is 2.05 bits per heavy atom. The summed E-state index contributed by atoms with van der Waals surface area (Å²) in [6.07, 6.45) is 2.69. The molecule has 0 bridgehead atoms. The molecule has 3 heteroatoms. The van der Waals surface area contributed by atoms with Crippen molar-refractivity contribution in [3.05, 3.63) is 23.7 Å². The van der Waals surface area contributed by atoms with Crippen LogP contribution in [0.3, 0.4) is 0 Å². The van der Waals surface area contributed by atoms with Crippen molar-refractivity contribution in [1.29, 1.82) is 0 Å². The number of hydrogen-bond acceptors (Lipinski definition) is 3. The van der Waals surface area contributed by atoms with Gasteiger partial charge in [0, 0.05) is 12.1 Å². The molecule has 1 unspecified atom stereocenters. The Morgan fingerprint density at radius 3 is 2.74 bits per heavy atom. The van der Waals surface area contributed by atoms with Crippen molar-refractivity contribution in [2.45, 2.75) is 59.2 Å². The second-order valence-corrected chi connectivity index (χ2v) is 6.95. The lowest BCUT2D eigenvalue weighted by Crippen LogP contribution is -2.35. The Balaban J connectivity index is 1.83. The van der Waals surface area contributed by atoms with Crippen molar-refractivity contribution in [3.63, 3.8) is 0 Å². The van der Waals surface area contributed by atoms with Crippen LogP contribution in [0.2, 0.25) is 0 Å². The van der Waals surface area contributed by atoms with E-state index in [1.807, 2.05) is 0 Å².